The number of nitriles is 1. The van der Waals surface area contributed by atoms with E-state index in [0.29, 0.717) is 11.4 Å². The summed E-state index contributed by atoms with van der Waals surface area (Å²) < 4.78 is 0. The van der Waals surface area contributed by atoms with Gasteiger partial charge in [0, 0.05) is 35.7 Å². The standard InChI is InChI=1S/C18H20N4S/c1-3-22-9-8-16-15(11-22)17(14(10-19)18(20)21-16)12-4-6-13(23-2)7-5-12/h4-7H,3,8-9,11H2,1-2H3,(H2,20,21). The van der Waals surface area contributed by atoms with Gasteiger partial charge in [0.25, 0.3) is 0 Å². The van der Waals surface area contributed by atoms with Crippen LogP contribution in [0.4, 0.5) is 5.82 Å². The van der Waals surface area contributed by atoms with Crippen LogP contribution in [0.5, 0.6) is 0 Å². The van der Waals surface area contributed by atoms with Crippen molar-refractivity contribution in [2.75, 3.05) is 25.1 Å². The highest BCUT2D eigenvalue weighted by Gasteiger charge is 2.24. The minimum atomic E-state index is 0.347. The molecule has 0 saturated heterocycles. The Morgan fingerprint density at radius 2 is 2.09 bits per heavy atom. The van der Waals surface area contributed by atoms with E-state index in [1.807, 2.05) is 0 Å². The largest absolute Gasteiger partial charge is 0.383 e. The second-order valence-electron chi connectivity index (χ2n) is 5.63. The van der Waals surface area contributed by atoms with Crippen molar-refractivity contribution in [2.24, 2.45) is 0 Å². The van der Waals surface area contributed by atoms with Gasteiger partial charge >= 0.3 is 0 Å². The zero-order valence-electron chi connectivity index (χ0n) is 13.5. The molecule has 5 heteroatoms. The third kappa shape index (κ3) is 2.92. The van der Waals surface area contributed by atoms with Gasteiger partial charge in [0.05, 0.1) is 0 Å². The summed E-state index contributed by atoms with van der Waals surface area (Å²) >= 11 is 1.71. The monoisotopic (exact) mass is 324 g/mol. The first-order chi connectivity index (χ1) is 11.2. The van der Waals surface area contributed by atoms with E-state index in [9.17, 15) is 5.26 Å². The van der Waals surface area contributed by atoms with E-state index >= 15 is 0 Å². The van der Waals surface area contributed by atoms with Gasteiger partial charge in [0.1, 0.15) is 17.5 Å². The molecule has 1 aliphatic heterocycles. The fourth-order valence-electron chi connectivity index (χ4n) is 3.10. The Morgan fingerprint density at radius 3 is 2.70 bits per heavy atom. The molecule has 0 unspecified atom stereocenters. The molecule has 1 aromatic heterocycles. The summed E-state index contributed by atoms with van der Waals surface area (Å²) in [5.74, 6) is 0.347. The summed E-state index contributed by atoms with van der Waals surface area (Å²) in [6, 6.07) is 10.6. The lowest BCUT2D eigenvalue weighted by Crippen LogP contribution is -2.31. The van der Waals surface area contributed by atoms with Crippen molar-refractivity contribution in [1.29, 1.82) is 5.26 Å². The summed E-state index contributed by atoms with van der Waals surface area (Å²) in [5.41, 5.74) is 10.8. The maximum Gasteiger partial charge on any atom is 0.142 e. The maximum atomic E-state index is 9.60. The van der Waals surface area contributed by atoms with Gasteiger partial charge in [-0.1, -0.05) is 19.1 Å². The first kappa shape index (κ1) is 15.9. The number of pyridine rings is 1. The average molecular weight is 324 g/mol. The highest BCUT2D eigenvalue weighted by Crippen LogP contribution is 2.35. The number of hydrogen-bond acceptors (Lipinski definition) is 5. The second kappa shape index (κ2) is 6.61. The molecule has 0 aliphatic carbocycles. The summed E-state index contributed by atoms with van der Waals surface area (Å²) in [7, 11) is 0. The van der Waals surface area contributed by atoms with Gasteiger partial charge in [-0.15, -0.1) is 11.8 Å². The predicted molar refractivity (Wildman–Crippen MR) is 95.2 cm³/mol. The fraction of sp³-hybridized carbons (Fsp3) is 0.333. The van der Waals surface area contributed by atoms with Crippen LogP contribution in [0.3, 0.4) is 0 Å². The number of anilines is 1. The highest BCUT2D eigenvalue weighted by molar-refractivity contribution is 7.98. The molecule has 0 amide bonds. The Morgan fingerprint density at radius 1 is 1.35 bits per heavy atom. The maximum absolute atomic E-state index is 9.60. The minimum absolute atomic E-state index is 0.347. The Labute approximate surface area is 141 Å². The lowest BCUT2D eigenvalue weighted by Gasteiger charge is -2.29. The van der Waals surface area contributed by atoms with Gasteiger partial charge in [-0.3, -0.25) is 4.90 Å². The molecule has 1 aliphatic rings. The third-order valence-electron chi connectivity index (χ3n) is 4.40. The molecular formula is C18H20N4S. The van der Waals surface area contributed by atoms with Crippen LogP contribution < -0.4 is 5.73 Å². The molecule has 0 fully saturated rings. The topological polar surface area (TPSA) is 65.9 Å². The molecule has 0 bridgehead atoms. The molecule has 1 aromatic carbocycles. The van der Waals surface area contributed by atoms with E-state index in [4.69, 9.17) is 5.73 Å². The lowest BCUT2D eigenvalue weighted by molar-refractivity contribution is 0.266. The zero-order valence-corrected chi connectivity index (χ0v) is 14.3. The number of nitrogen functional groups attached to an aromatic ring is 1. The number of likely N-dealkylation sites (N-methyl/N-ethyl adjacent to an activating group) is 1. The van der Waals surface area contributed by atoms with Crippen molar-refractivity contribution in [2.45, 2.75) is 24.8 Å². The summed E-state index contributed by atoms with van der Waals surface area (Å²) in [4.78, 5) is 8.08. The van der Waals surface area contributed by atoms with E-state index in [-0.39, 0.29) is 0 Å². The SMILES string of the molecule is CCN1CCc2nc(N)c(C#N)c(-c3ccc(SC)cc3)c2C1. The van der Waals surface area contributed by atoms with E-state index in [0.717, 1.165) is 48.4 Å². The number of nitrogens with zero attached hydrogens (tertiary/aromatic N) is 3. The van der Waals surface area contributed by atoms with E-state index in [2.05, 4.69) is 53.4 Å². The molecule has 0 saturated carbocycles. The number of nitrogens with two attached hydrogens (primary N) is 1. The van der Waals surface area contributed by atoms with Gasteiger partial charge in [-0.2, -0.15) is 5.26 Å². The summed E-state index contributed by atoms with van der Waals surface area (Å²) in [6.07, 6.45) is 2.94. The Balaban J connectivity index is 2.20. The molecule has 2 heterocycles. The second-order valence-corrected chi connectivity index (χ2v) is 6.51. The number of benzene rings is 1. The van der Waals surface area contributed by atoms with Crippen molar-refractivity contribution in [3.63, 3.8) is 0 Å². The first-order valence-corrected chi connectivity index (χ1v) is 8.98. The third-order valence-corrected chi connectivity index (χ3v) is 5.14. The van der Waals surface area contributed by atoms with Crippen LogP contribution in [0.2, 0.25) is 0 Å². The van der Waals surface area contributed by atoms with Crippen LogP contribution in [-0.4, -0.2) is 29.2 Å². The van der Waals surface area contributed by atoms with Gasteiger partial charge < -0.3 is 5.73 Å². The van der Waals surface area contributed by atoms with Gasteiger partial charge in [-0.05, 0) is 36.1 Å². The number of thioether (sulfide) groups is 1. The number of fused-ring (bicyclic) bond motifs is 1. The van der Waals surface area contributed by atoms with Crippen molar-refractivity contribution >= 4 is 17.6 Å². The zero-order chi connectivity index (χ0) is 16.4. The molecule has 4 nitrogen and oxygen atoms in total. The Hall–Kier alpha value is -2.03. The molecule has 23 heavy (non-hydrogen) atoms. The summed E-state index contributed by atoms with van der Waals surface area (Å²) in [5, 5.41) is 9.60. The summed E-state index contributed by atoms with van der Waals surface area (Å²) in [6.45, 7) is 4.98. The van der Waals surface area contributed by atoms with Crippen LogP contribution in [0, 0.1) is 11.3 Å². The highest BCUT2D eigenvalue weighted by atomic mass is 32.2. The van der Waals surface area contributed by atoms with Gasteiger partial charge in [0.2, 0.25) is 0 Å². The lowest BCUT2D eigenvalue weighted by atomic mass is 9.91. The van der Waals surface area contributed by atoms with Crippen LogP contribution in [0.25, 0.3) is 11.1 Å². The van der Waals surface area contributed by atoms with Crippen LogP contribution in [-0.2, 0) is 13.0 Å². The molecule has 2 aromatic rings. The molecule has 0 spiro atoms. The molecule has 118 valence electrons. The van der Waals surface area contributed by atoms with E-state index in [1.165, 1.54) is 4.90 Å². The number of hydrogen-bond donors (Lipinski definition) is 1. The first-order valence-electron chi connectivity index (χ1n) is 7.76. The van der Waals surface area contributed by atoms with Gasteiger partial charge in [0.15, 0.2) is 0 Å². The van der Waals surface area contributed by atoms with E-state index in [1.54, 1.807) is 11.8 Å². The predicted octanol–water partition coefficient (Wildman–Crippen LogP) is 3.30. The minimum Gasteiger partial charge on any atom is -0.383 e. The van der Waals surface area contributed by atoms with E-state index < -0.39 is 0 Å². The van der Waals surface area contributed by atoms with Crippen molar-refractivity contribution in [1.82, 2.24) is 9.88 Å². The average Bonchev–Trinajstić information content (AvgIpc) is 2.60. The van der Waals surface area contributed by atoms with Gasteiger partial charge in [-0.25, -0.2) is 4.98 Å². The number of aromatic nitrogens is 1. The molecule has 0 radical (unpaired) electrons. The van der Waals surface area contributed by atoms with Crippen LogP contribution in [0.15, 0.2) is 29.2 Å². The quantitative estimate of drug-likeness (QED) is 0.878. The van der Waals surface area contributed by atoms with Crippen molar-refractivity contribution in [3.05, 3.63) is 41.1 Å². The van der Waals surface area contributed by atoms with Crippen LogP contribution >= 0.6 is 11.8 Å². The molecular weight excluding hydrogens is 304 g/mol. The Kier molecular flexibility index (Phi) is 4.56. The van der Waals surface area contributed by atoms with Crippen molar-refractivity contribution < 1.29 is 0 Å². The normalized spacial score (nSPS) is 14.3. The number of rotatable bonds is 3. The van der Waals surface area contributed by atoms with Crippen LogP contribution in [0.1, 0.15) is 23.7 Å². The smallest absolute Gasteiger partial charge is 0.142 e. The molecule has 3 rings (SSSR count). The fourth-order valence-corrected chi connectivity index (χ4v) is 3.50. The Bertz CT molecular complexity index is 762. The molecule has 2 N–H and O–H groups in total. The van der Waals surface area contributed by atoms with Crippen molar-refractivity contribution in [3.8, 4) is 17.2 Å². The molecule has 0 atom stereocenters.